The van der Waals surface area contributed by atoms with Crippen LogP contribution in [0.3, 0.4) is 0 Å². The molecular formula is C27H32N4O7S. The van der Waals surface area contributed by atoms with Crippen molar-refractivity contribution in [3.63, 3.8) is 0 Å². The molecule has 12 heteroatoms. The normalized spacial score (nSPS) is 12.4. The Balaban J connectivity index is 1.94. The molecule has 1 unspecified atom stereocenters. The van der Waals surface area contributed by atoms with Crippen molar-refractivity contribution in [2.75, 3.05) is 11.3 Å². The molecule has 0 radical (unpaired) electrons. The average molecular weight is 557 g/mol. The number of aryl methyl sites for hydroxylation is 2. The molecular weight excluding hydrogens is 524 g/mol. The van der Waals surface area contributed by atoms with Gasteiger partial charge in [0.15, 0.2) is 0 Å². The highest BCUT2D eigenvalue weighted by Gasteiger charge is 2.21. The maximum atomic E-state index is 13.1. The minimum Gasteiger partial charge on any atom is -0.478 e. The summed E-state index contributed by atoms with van der Waals surface area (Å²) in [6.07, 6.45) is -1.16. The lowest BCUT2D eigenvalue weighted by molar-refractivity contribution is 0.0503. The van der Waals surface area contributed by atoms with Crippen LogP contribution in [0.4, 0.5) is 10.7 Å². The van der Waals surface area contributed by atoms with Crippen LogP contribution in [0, 0.1) is 13.8 Å². The van der Waals surface area contributed by atoms with E-state index in [1.54, 1.807) is 33.8 Å². The Labute approximate surface area is 227 Å². The van der Waals surface area contributed by atoms with Crippen LogP contribution in [0.5, 0.6) is 5.88 Å². The van der Waals surface area contributed by atoms with E-state index in [-0.39, 0.29) is 28.8 Å². The summed E-state index contributed by atoms with van der Waals surface area (Å²) in [5.74, 6) is -1.46. The number of amides is 1. The molecule has 1 amide bonds. The predicted octanol–water partition coefficient (Wildman–Crippen LogP) is 4.55. The number of nitrogens with zero attached hydrogens (tertiary/aromatic N) is 2. The molecule has 208 valence electrons. The molecule has 3 N–H and O–H groups in total. The van der Waals surface area contributed by atoms with Gasteiger partial charge in [0.25, 0.3) is 10.0 Å². The van der Waals surface area contributed by atoms with Crippen LogP contribution in [0.25, 0.3) is 11.3 Å². The zero-order chi connectivity index (χ0) is 29.0. The third-order valence-electron chi connectivity index (χ3n) is 5.31. The van der Waals surface area contributed by atoms with E-state index in [0.29, 0.717) is 5.69 Å². The third-order valence-corrected chi connectivity index (χ3v) is 6.64. The summed E-state index contributed by atoms with van der Waals surface area (Å²) >= 11 is 0. The minimum absolute atomic E-state index is 0.0677. The summed E-state index contributed by atoms with van der Waals surface area (Å²) in [6, 6.07) is 12.2. The Hall–Kier alpha value is -4.19. The van der Waals surface area contributed by atoms with Crippen molar-refractivity contribution in [2.45, 2.75) is 58.1 Å². The highest BCUT2D eigenvalue weighted by Crippen LogP contribution is 2.29. The molecule has 1 aromatic heterocycles. The number of sulfonamides is 1. The number of carbonyl (C=O) groups excluding carboxylic acids is 1. The van der Waals surface area contributed by atoms with Gasteiger partial charge < -0.3 is 19.9 Å². The van der Waals surface area contributed by atoms with Gasteiger partial charge in [0.05, 0.1) is 22.7 Å². The smallest absolute Gasteiger partial charge is 0.407 e. The minimum atomic E-state index is -4.24. The van der Waals surface area contributed by atoms with Gasteiger partial charge in [-0.1, -0.05) is 24.3 Å². The van der Waals surface area contributed by atoms with Crippen LogP contribution in [-0.4, -0.2) is 53.8 Å². The summed E-state index contributed by atoms with van der Waals surface area (Å²) in [7, 11) is -4.24. The zero-order valence-corrected chi connectivity index (χ0v) is 23.4. The number of benzene rings is 2. The predicted molar refractivity (Wildman–Crippen MR) is 145 cm³/mol. The summed E-state index contributed by atoms with van der Waals surface area (Å²) in [6.45, 7) is 10.9. The molecule has 0 aliphatic heterocycles. The molecule has 0 saturated carbocycles. The number of rotatable bonds is 9. The van der Waals surface area contributed by atoms with E-state index < -0.39 is 33.8 Å². The van der Waals surface area contributed by atoms with Gasteiger partial charge >= 0.3 is 12.1 Å². The highest BCUT2D eigenvalue weighted by atomic mass is 32.2. The van der Waals surface area contributed by atoms with Crippen LogP contribution in [0.2, 0.25) is 0 Å². The maximum absolute atomic E-state index is 13.1. The van der Waals surface area contributed by atoms with Crippen molar-refractivity contribution in [1.29, 1.82) is 0 Å². The topological polar surface area (TPSA) is 157 Å². The number of alkyl carbamates (subject to hydrolysis) is 1. The van der Waals surface area contributed by atoms with E-state index in [4.69, 9.17) is 9.47 Å². The van der Waals surface area contributed by atoms with Crippen LogP contribution < -0.4 is 14.8 Å². The van der Waals surface area contributed by atoms with Crippen LogP contribution >= 0.6 is 0 Å². The zero-order valence-electron chi connectivity index (χ0n) is 22.6. The van der Waals surface area contributed by atoms with Gasteiger partial charge in [-0.05, 0) is 70.9 Å². The van der Waals surface area contributed by atoms with E-state index >= 15 is 0 Å². The second-order valence-electron chi connectivity index (χ2n) is 9.93. The fourth-order valence-electron chi connectivity index (χ4n) is 3.64. The molecule has 0 spiro atoms. The molecule has 0 bridgehead atoms. The number of anilines is 1. The first-order valence-electron chi connectivity index (χ1n) is 12.1. The van der Waals surface area contributed by atoms with Crippen molar-refractivity contribution < 1.29 is 32.6 Å². The Kier molecular flexibility index (Phi) is 8.80. The Bertz CT molecular complexity index is 1460. The highest BCUT2D eigenvalue weighted by molar-refractivity contribution is 7.92. The number of hydrogen-bond acceptors (Lipinski definition) is 8. The number of carboxylic acids is 1. The Morgan fingerprint density at radius 1 is 1.03 bits per heavy atom. The van der Waals surface area contributed by atoms with E-state index in [1.807, 2.05) is 32.0 Å². The summed E-state index contributed by atoms with van der Waals surface area (Å²) in [5.41, 5.74) is 2.16. The van der Waals surface area contributed by atoms with Crippen LogP contribution in [-0.2, 0) is 14.8 Å². The monoisotopic (exact) mass is 556 g/mol. The number of nitrogens with one attached hydrogen (secondary N) is 2. The summed E-state index contributed by atoms with van der Waals surface area (Å²) < 4.78 is 39.7. The molecule has 11 nitrogen and oxygen atoms in total. The average Bonchev–Trinajstić information content (AvgIpc) is 2.81. The van der Waals surface area contributed by atoms with Crippen molar-refractivity contribution >= 4 is 28.0 Å². The van der Waals surface area contributed by atoms with Gasteiger partial charge in [0.1, 0.15) is 11.7 Å². The number of carbonyl (C=O) groups is 2. The fraction of sp³-hybridized carbons (Fsp3) is 0.333. The standard InChI is InChI=1S/C27H32N4O7S/c1-16-9-7-10-17(2)23(16)21-14-22(37-18(3)15-28-26(34)38-27(4,5)6)30-25(29-21)31-39(35,36)20-12-8-11-19(13-20)24(32)33/h7-14,18H,15H2,1-6H3,(H,28,34)(H,32,33)(H,29,30,31). The third kappa shape index (κ3) is 8.14. The van der Waals surface area contributed by atoms with Crippen molar-refractivity contribution in [2.24, 2.45) is 0 Å². The molecule has 39 heavy (non-hydrogen) atoms. The molecule has 3 rings (SSSR count). The quantitative estimate of drug-likeness (QED) is 0.344. The molecule has 2 aromatic carbocycles. The van der Waals surface area contributed by atoms with Gasteiger partial charge in [0, 0.05) is 11.6 Å². The van der Waals surface area contributed by atoms with Crippen molar-refractivity contribution in [3.8, 4) is 17.1 Å². The van der Waals surface area contributed by atoms with Gasteiger partial charge in [-0.15, -0.1) is 0 Å². The summed E-state index contributed by atoms with van der Waals surface area (Å²) in [4.78, 5) is 31.7. The SMILES string of the molecule is Cc1cccc(C)c1-c1cc(OC(C)CNC(=O)OC(C)(C)C)nc(NS(=O)(=O)c2cccc(C(=O)O)c2)n1. The van der Waals surface area contributed by atoms with Crippen LogP contribution in [0.15, 0.2) is 53.4 Å². The number of aromatic nitrogens is 2. The first-order valence-corrected chi connectivity index (χ1v) is 13.6. The second-order valence-corrected chi connectivity index (χ2v) is 11.6. The van der Waals surface area contributed by atoms with Gasteiger partial charge in [-0.3, -0.25) is 0 Å². The Morgan fingerprint density at radius 2 is 1.67 bits per heavy atom. The van der Waals surface area contributed by atoms with Crippen LogP contribution in [0.1, 0.15) is 49.2 Å². The van der Waals surface area contributed by atoms with E-state index in [0.717, 1.165) is 22.8 Å². The van der Waals surface area contributed by atoms with Crippen molar-refractivity contribution in [3.05, 3.63) is 65.2 Å². The summed E-state index contributed by atoms with van der Waals surface area (Å²) in [5, 5.41) is 11.9. The number of aromatic carboxylic acids is 1. The fourth-order valence-corrected chi connectivity index (χ4v) is 4.63. The first kappa shape index (κ1) is 29.4. The molecule has 0 fully saturated rings. The largest absolute Gasteiger partial charge is 0.478 e. The maximum Gasteiger partial charge on any atom is 0.407 e. The number of carboxylic acid groups (broad SMARTS) is 1. The lowest BCUT2D eigenvalue weighted by atomic mass is 10.00. The molecule has 1 atom stereocenters. The molecule has 3 aromatic rings. The number of ether oxygens (including phenoxy) is 2. The van der Waals surface area contributed by atoms with Gasteiger partial charge in [-0.2, -0.15) is 4.98 Å². The van der Waals surface area contributed by atoms with E-state index in [1.165, 1.54) is 18.2 Å². The Morgan fingerprint density at radius 3 is 2.28 bits per heavy atom. The van der Waals surface area contributed by atoms with Crippen molar-refractivity contribution in [1.82, 2.24) is 15.3 Å². The second kappa shape index (κ2) is 11.7. The first-order chi connectivity index (χ1) is 18.1. The number of hydrogen-bond donors (Lipinski definition) is 3. The molecule has 0 saturated heterocycles. The molecule has 0 aliphatic carbocycles. The lowest BCUT2D eigenvalue weighted by Gasteiger charge is -2.21. The van der Waals surface area contributed by atoms with Gasteiger partial charge in [-0.25, -0.2) is 27.7 Å². The molecule has 0 aliphatic rings. The van der Waals surface area contributed by atoms with Gasteiger partial charge in [0.2, 0.25) is 11.8 Å². The van der Waals surface area contributed by atoms with E-state index in [9.17, 15) is 23.1 Å². The van der Waals surface area contributed by atoms with E-state index in [2.05, 4.69) is 20.0 Å². The molecule has 1 heterocycles. The lowest BCUT2D eigenvalue weighted by Crippen LogP contribution is -2.37.